The summed E-state index contributed by atoms with van der Waals surface area (Å²) in [6.45, 7) is 7.66. The molecule has 17 heavy (non-hydrogen) atoms. The molecule has 0 radical (unpaired) electrons. The highest BCUT2D eigenvalue weighted by Crippen LogP contribution is 2.20. The van der Waals surface area contributed by atoms with Crippen LogP contribution in [0, 0.1) is 5.92 Å². The SMILES string of the molecule is CCC1CCN(CCCCCNC2CC2)CC1. The molecule has 1 N–H and O–H groups in total. The normalized spacial score (nSPS) is 23.1. The second-order valence-electron chi connectivity index (χ2n) is 5.98. The largest absolute Gasteiger partial charge is 0.314 e. The molecule has 0 aromatic carbocycles. The van der Waals surface area contributed by atoms with Crippen molar-refractivity contribution in [3.63, 3.8) is 0 Å². The Morgan fingerprint density at radius 2 is 1.76 bits per heavy atom. The van der Waals surface area contributed by atoms with E-state index in [9.17, 15) is 0 Å². The van der Waals surface area contributed by atoms with Crippen molar-refractivity contribution in [2.45, 2.75) is 64.3 Å². The van der Waals surface area contributed by atoms with Gasteiger partial charge in [0.15, 0.2) is 0 Å². The van der Waals surface area contributed by atoms with Crippen molar-refractivity contribution in [2.75, 3.05) is 26.2 Å². The second kappa shape index (κ2) is 7.38. The van der Waals surface area contributed by atoms with Gasteiger partial charge in [-0.05, 0) is 70.6 Å². The second-order valence-corrected chi connectivity index (χ2v) is 5.98. The number of nitrogens with zero attached hydrogens (tertiary/aromatic N) is 1. The summed E-state index contributed by atoms with van der Waals surface area (Å²) in [7, 11) is 0. The zero-order chi connectivity index (χ0) is 11.9. The molecule has 2 aliphatic rings. The van der Waals surface area contributed by atoms with Gasteiger partial charge in [-0.3, -0.25) is 0 Å². The Balaban J connectivity index is 1.40. The number of hydrogen-bond donors (Lipinski definition) is 1. The predicted octanol–water partition coefficient (Wildman–Crippen LogP) is 3.03. The van der Waals surface area contributed by atoms with Crippen molar-refractivity contribution >= 4 is 0 Å². The Labute approximate surface area is 107 Å². The van der Waals surface area contributed by atoms with Crippen LogP contribution in [0.2, 0.25) is 0 Å². The number of rotatable bonds is 8. The minimum atomic E-state index is 0.892. The number of unbranched alkanes of at least 4 members (excludes halogenated alkanes) is 2. The van der Waals surface area contributed by atoms with Crippen molar-refractivity contribution in [1.29, 1.82) is 0 Å². The number of hydrogen-bond acceptors (Lipinski definition) is 2. The van der Waals surface area contributed by atoms with Crippen LogP contribution in [-0.2, 0) is 0 Å². The van der Waals surface area contributed by atoms with Crippen molar-refractivity contribution in [2.24, 2.45) is 5.92 Å². The molecule has 0 aromatic heterocycles. The van der Waals surface area contributed by atoms with Gasteiger partial charge in [-0.25, -0.2) is 0 Å². The molecule has 1 aliphatic carbocycles. The van der Waals surface area contributed by atoms with Gasteiger partial charge in [-0.15, -0.1) is 0 Å². The summed E-state index contributed by atoms with van der Waals surface area (Å²) in [5.74, 6) is 1.02. The molecule has 2 nitrogen and oxygen atoms in total. The first-order chi connectivity index (χ1) is 8.38. The maximum atomic E-state index is 3.59. The van der Waals surface area contributed by atoms with E-state index in [1.54, 1.807) is 0 Å². The van der Waals surface area contributed by atoms with Crippen LogP contribution in [0.3, 0.4) is 0 Å². The average molecular weight is 238 g/mol. The monoisotopic (exact) mass is 238 g/mol. The van der Waals surface area contributed by atoms with Gasteiger partial charge in [0.05, 0.1) is 0 Å². The van der Waals surface area contributed by atoms with E-state index in [1.807, 2.05) is 0 Å². The molecule has 1 saturated heterocycles. The molecule has 2 fully saturated rings. The van der Waals surface area contributed by atoms with Crippen LogP contribution in [-0.4, -0.2) is 37.1 Å². The van der Waals surface area contributed by atoms with E-state index in [0.717, 1.165) is 12.0 Å². The topological polar surface area (TPSA) is 15.3 Å². The van der Waals surface area contributed by atoms with Crippen molar-refractivity contribution < 1.29 is 0 Å². The van der Waals surface area contributed by atoms with Crippen LogP contribution >= 0.6 is 0 Å². The van der Waals surface area contributed by atoms with Gasteiger partial charge in [0.2, 0.25) is 0 Å². The number of piperidine rings is 1. The van der Waals surface area contributed by atoms with Gasteiger partial charge in [-0.1, -0.05) is 19.8 Å². The molecule has 0 bridgehead atoms. The summed E-state index contributed by atoms with van der Waals surface area (Å²) in [4.78, 5) is 2.68. The molecule has 0 unspecified atom stereocenters. The molecule has 0 amide bonds. The van der Waals surface area contributed by atoms with Crippen LogP contribution in [0.5, 0.6) is 0 Å². The standard InChI is InChI=1S/C15H30N2/c1-2-14-8-12-17(13-9-14)11-5-3-4-10-16-15-6-7-15/h14-16H,2-13H2,1H3. The number of nitrogens with one attached hydrogen (secondary N) is 1. The Morgan fingerprint density at radius 1 is 1.00 bits per heavy atom. The summed E-state index contributed by atoms with van der Waals surface area (Å²) in [6, 6.07) is 0.892. The zero-order valence-electron chi connectivity index (χ0n) is 11.6. The third-order valence-electron chi connectivity index (χ3n) is 4.45. The quantitative estimate of drug-likeness (QED) is 0.654. The first kappa shape index (κ1) is 13.4. The van der Waals surface area contributed by atoms with Gasteiger partial charge >= 0.3 is 0 Å². The highest BCUT2D eigenvalue weighted by Gasteiger charge is 2.19. The van der Waals surface area contributed by atoms with E-state index in [2.05, 4.69) is 17.1 Å². The zero-order valence-corrected chi connectivity index (χ0v) is 11.6. The van der Waals surface area contributed by atoms with E-state index in [0.29, 0.717) is 0 Å². The lowest BCUT2D eigenvalue weighted by Gasteiger charge is -2.31. The Hall–Kier alpha value is -0.0800. The highest BCUT2D eigenvalue weighted by atomic mass is 15.1. The fourth-order valence-corrected chi connectivity index (χ4v) is 2.85. The molecular formula is C15H30N2. The van der Waals surface area contributed by atoms with Crippen LogP contribution in [0.1, 0.15) is 58.3 Å². The Kier molecular flexibility index (Phi) is 5.79. The van der Waals surface area contributed by atoms with E-state index < -0.39 is 0 Å². The van der Waals surface area contributed by atoms with Gasteiger partial charge in [-0.2, -0.15) is 0 Å². The Morgan fingerprint density at radius 3 is 2.41 bits per heavy atom. The molecule has 2 heteroatoms. The molecular weight excluding hydrogens is 208 g/mol. The van der Waals surface area contributed by atoms with Gasteiger partial charge in [0.25, 0.3) is 0 Å². The van der Waals surface area contributed by atoms with E-state index in [4.69, 9.17) is 0 Å². The molecule has 2 rings (SSSR count). The van der Waals surface area contributed by atoms with Crippen molar-refractivity contribution in [3.05, 3.63) is 0 Å². The van der Waals surface area contributed by atoms with Gasteiger partial charge in [0.1, 0.15) is 0 Å². The van der Waals surface area contributed by atoms with Crippen LogP contribution in [0.4, 0.5) is 0 Å². The summed E-state index contributed by atoms with van der Waals surface area (Å²) in [6.07, 6.45) is 11.3. The minimum Gasteiger partial charge on any atom is -0.314 e. The number of likely N-dealkylation sites (tertiary alicyclic amines) is 1. The van der Waals surface area contributed by atoms with Crippen molar-refractivity contribution in [3.8, 4) is 0 Å². The summed E-state index contributed by atoms with van der Waals surface area (Å²) in [5, 5.41) is 3.59. The minimum absolute atomic E-state index is 0.892. The smallest absolute Gasteiger partial charge is 0.00682 e. The van der Waals surface area contributed by atoms with E-state index in [-0.39, 0.29) is 0 Å². The first-order valence-corrected chi connectivity index (χ1v) is 7.84. The molecule has 1 saturated carbocycles. The predicted molar refractivity (Wildman–Crippen MR) is 74.3 cm³/mol. The van der Waals surface area contributed by atoms with E-state index >= 15 is 0 Å². The molecule has 0 atom stereocenters. The lowest BCUT2D eigenvalue weighted by molar-refractivity contribution is 0.179. The molecule has 0 aromatic rings. The summed E-state index contributed by atoms with van der Waals surface area (Å²) in [5.41, 5.74) is 0. The summed E-state index contributed by atoms with van der Waals surface area (Å²) < 4.78 is 0. The molecule has 100 valence electrons. The molecule has 1 heterocycles. The average Bonchev–Trinajstić information content (AvgIpc) is 3.18. The fourth-order valence-electron chi connectivity index (χ4n) is 2.85. The maximum absolute atomic E-state index is 3.59. The van der Waals surface area contributed by atoms with Crippen LogP contribution in [0.15, 0.2) is 0 Å². The fraction of sp³-hybridized carbons (Fsp3) is 1.00. The third kappa shape index (κ3) is 5.39. The first-order valence-electron chi connectivity index (χ1n) is 7.84. The lowest BCUT2D eigenvalue weighted by Crippen LogP contribution is -2.34. The lowest BCUT2D eigenvalue weighted by atomic mass is 9.94. The van der Waals surface area contributed by atoms with Gasteiger partial charge < -0.3 is 10.2 Å². The summed E-state index contributed by atoms with van der Waals surface area (Å²) >= 11 is 0. The van der Waals surface area contributed by atoms with Crippen molar-refractivity contribution in [1.82, 2.24) is 10.2 Å². The van der Waals surface area contributed by atoms with Gasteiger partial charge in [0, 0.05) is 6.04 Å². The highest BCUT2D eigenvalue weighted by molar-refractivity contribution is 4.80. The van der Waals surface area contributed by atoms with Crippen LogP contribution in [0.25, 0.3) is 0 Å². The molecule has 0 spiro atoms. The van der Waals surface area contributed by atoms with E-state index in [1.165, 1.54) is 77.5 Å². The third-order valence-corrected chi connectivity index (χ3v) is 4.45. The molecule has 1 aliphatic heterocycles. The Bertz CT molecular complexity index is 193. The maximum Gasteiger partial charge on any atom is 0.00682 e. The van der Waals surface area contributed by atoms with Crippen LogP contribution < -0.4 is 5.32 Å².